The minimum atomic E-state index is -0.889. The molecule has 0 unspecified atom stereocenters. The van der Waals surface area contributed by atoms with Crippen molar-refractivity contribution in [3.8, 4) is 0 Å². The number of nitrogens with two attached hydrogens (primary N) is 1. The van der Waals surface area contributed by atoms with Crippen LogP contribution in [-0.2, 0) is 11.4 Å². The lowest BCUT2D eigenvalue weighted by molar-refractivity contribution is -0.0687. The van der Waals surface area contributed by atoms with Gasteiger partial charge in [0, 0.05) is 17.1 Å². The lowest BCUT2D eigenvalue weighted by Crippen LogP contribution is -2.35. The van der Waals surface area contributed by atoms with E-state index in [1.807, 2.05) is 36.4 Å². The molecule has 0 heterocycles. The van der Waals surface area contributed by atoms with Gasteiger partial charge in [-0.1, -0.05) is 37.5 Å². The van der Waals surface area contributed by atoms with Gasteiger partial charge in [0.25, 0.3) is 0 Å². The Morgan fingerprint density at radius 3 is 2.29 bits per heavy atom. The van der Waals surface area contributed by atoms with E-state index in [1.54, 1.807) is 12.1 Å². The van der Waals surface area contributed by atoms with Crippen molar-refractivity contribution in [3.05, 3.63) is 59.7 Å². The van der Waals surface area contributed by atoms with Crippen LogP contribution in [-0.4, -0.2) is 17.2 Å². The molecule has 168 valence electrons. The predicted molar refractivity (Wildman–Crippen MR) is 127 cm³/mol. The molecule has 0 bridgehead atoms. The van der Waals surface area contributed by atoms with E-state index in [9.17, 15) is 4.79 Å². The maximum Gasteiger partial charge on any atom is 0.335 e. The minimum Gasteiger partial charge on any atom is -0.478 e. The molecule has 1 spiro atoms. The lowest BCUT2D eigenvalue weighted by Gasteiger charge is -2.42. The van der Waals surface area contributed by atoms with E-state index in [-0.39, 0.29) is 0 Å². The molecule has 2 aliphatic rings. The van der Waals surface area contributed by atoms with E-state index in [0.29, 0.717) is 23.6 Å². The topological polar surface area (TPSA) is 84.6 Å². The third-order valence-corrected chi connectivity index (χ3v) is 6.78. The number of thiol groups is 1. The van der Waals surface area contributed by atoms with Crippen LogP contribution in [0, 0.1) is 5.41 Å². The van der Waals surface area contributed by atoms with Crippen LogP contribution >= 0.6 is 12.6 Å². The summed E-state index contributed by atoms with van der Waals surface area (Å²) in [5, 5.41) is 8.89. The lowest BCUT2D eigenvalue weighted by atomic mass is 9.65. The van der Waals surface area contributed by atoms with E-state index >= 15 is 0 Å². The van der Waals surface area contributed by atoms with E-state index in [0.717, 1.165) is 29.0 Å². The molecule has 2 aromatic rings. The number of aromatic carboxylic acids is 1. The molecule has 0 amide bonds. The number of hydrogen-bond donors (Lipinski definition) is 4. The normalized spacial score (nSPS) is 18.2. The summed E-state index contributed by atoms with van der Waals surface area (Å²) in [5.41, 5.74) is 11.2. The average Bonchev–Trinajstić information content (AvgIpc) is 2.77. The second-order valence-electron chi connectivity index (χ2n) is 8.80. The Morgan fingerprint density at radius 1 is 1.06 bits per heavy atom. The molecule has 5 nitrogen and oxygen atoms in total. The van der Waals surface area contributed by atoms with Gasteiger partial charge in [-0.15, -0.1) is 12.6 Å². The fourth-order valence-electron chi connectivity index (χ4n) is 4.66. The summed E-state index contributed by atoms with van der Waals surface area (Å²) in [6.45, 7) is 0.613. The number of rotatable bonds is 5. The van der Waals surface area contributed by atoms with Crippen LogP contribution in [0.5, 0.6) is 0 Å². The van der Waals surface area contributed by atoms with Gasteiger partial charge in [-0.05, 0) is 79.8 Å². The van der Waals surface area contributed by atoms with Crippen LogP contribution in [0.3, 0.4) is 0 Å². The average molecular weight is 443 g/mol. The Morgan fingerprint density at radius 2 is 1.74 bits per heavy atom. The molecule has 0 atom stereocenters. The molecule has 0 saturated heterocycles. The molecule has 4 N–H and O–H groups in total. The summed E-state index contributed by atoms with van der Waals surface area (Å²) in [4.78, 5) is 17.6. The van der Waals surface area contributed by atoms with Crippen LogP contribution in [0.4, 0.5) is 5.69 Å². The number of benzene rings is 2. The SMILES string of the molecule is Nc1cccc(S)c1.O=C(O)c1ccc(CNOC2CCC3(CCCCC3)CC2)cc1. The van der Waals surface area contributed by atoms with Crippen LogP contribution in [0.1, 0.15) is 73.7 Å². The molecular formula is C25H34N2O3S. The minimum absolute atomic E-state index is 0.319. The highest BCUT2D eigenvalue weighted by Crippen LogP contribution is 2.47. The maximum absolute atomic E-state index is 10.8. The zero-order chi connectivity index (χ0) is 22.1. The Bertz CT molecular complexity index is 808. The number of carboxylic acid groups (broad SMARTS) is 1. The van der Waals surface area contributed by atoms with Crippen LogP contribution < -0.4 is 11.2 Å². The Kier molecular flexibility index (Phi) is 8.81. The van der Waals surface area contributed by atoms with Gasteiger partial charge >= 0.3 is 5.97 Å². The summed E-state index contributed by atoms with van der Waals surface area (Å²) in [5.74, 6) is -0.889. The Hall–Kier alpha value is -2.02. The second kappa shape index (κ2) is 11.6. The molecule has 0 aliphatic heterocycles. The number of carboxylic acids is 1. The highest BCUT2D eigenvalue weighted by molar-refractivity contribution is 7.80. The Labute approximate surface area is 190 Å². The zero-order valence-electron chi connectivity index (χ0n) is 18.1. The standard InChI is InChI=1S/C19H27NO3.C6H7NS/c21-18(22)16-6-4-15(5-7-16)14-20-23-17-8-12-19(13-9-17)10-2-1-3-11-19;7-5-2-1-3-6(8)4-5/h4-7,17,20H,1-3,8-14H2,(H,21,22);1-4,8H,7H2. The summed E-state index contributed by atoms with van der Waals surface area (Å²) >= 11 is 4.07. The van der Waals surface area contributed by atoms with E-state index in [2.05, 4.69) is 18.1 Å². The number of nitrogen functional groups attached to an aromatic ring is 1. The molecule has 2 aliphatic carbocycles. The molecule has 31 heavy (non-hydrogen) atoms. The summed E-state index contributed by atoms with van der Waals surface area (Å²) < 4.78 is 0. The predicted octanol–water partition coefficient (Wildman–Crippen LogP) is 5.86. The number of nitrogens with one attached hydrogen (secondary N) is 1. The van der Waals surface area contributed by atoms with Crippen molar-refractivity contribution in [2.24, 2.45) is 5.41 Å². The van der Waals surface area contributed by atoms with Crippen molar-refractivity contribution in [3.63, 3.8) is 0 Å². The molecule has 0 aromatic heterocycles. The van der Waals surface area contributed by atoms with E-state index in [1.165, 1.54) is 44.9 Å². The molecule has 2 fully saturated rings. The van der Waals surface area contributed by atoms with E-state index in [4.69, 9.17) is 15.7 Å². The first-order valence-electron chi connectivity index (χ1n) is 11.2. The first kappa shape index (κ1) is 23.6. The molecule has 4 rings (SSSR count). The largest absolute Gasteiger partial charge is 0.478 e. The quantitative estimate of drug-likeness (QED) is 0.265. The van der Waals surface area contributed by atoms with Gasteiger partial charge in [-0.2, -0.15) is 5.48 Å². The third-order valence-electron chi connectivity index (χ3n) is 6.50. The summed E-state index contributed by atoms with van der Waals surface area (Å²) in [6, 6.07) is 14.3. The fourth-order valence-corrected chi connectivity index (χ4v) is 4.89. The van der Waals surface area contributed by atoms with Crippen LogP contribution in [0.2, 0.25) is 0 Å². The number of hydroxylamine groups is 1. The first-order chi connectivity index (χ1) is 15.0. The van der Waals surface area contributed by atoms with Crippen LogP contribution in [0.25, 0.3) is 0 Å². The summed E-state index contributed by atoms with van der Waals surface area (Å²) in [7, 11) is 0. The second-order valence-corrected chi connectivity index (χ2v) is 9.31. The van der Waals surface area contributed by atoms with Gasteiger partial charge in [0.2, 0.25) is 0 Å². The van der Waals surface area contributed by atoms with Gasteiger partial charge in [0.1, 0.15) is 0 Å². The molecule has 6 heteroatoms. The van der Waals surface area contributed by atoms with E-state index < -0.39 is 5.97 Å². The zero-order valence-corrected chi connectivity index (χ0v) is 18.9. The smallest absolute Gasteiger partial charge is 0.335 e. The monoisotopic (exact) mass is 442 g/mol. The molecule has 2 aromatic carbocycles. The first-order valence-corrected chi connectivity index (χ1v) is 11.7. The van der Waals surface area contributed by atoms with Crippen molar-refractivity contribution in [2.75, 3.05) is 5.73 Å². The van der Waals surface area contributed by atoms with Crippen molar-refractivity contribution < 1.29 is 14.7 Å². The number of hydrogen-bond acceptors (Lipinski definition) is 5. The highest BCUT2D eigenvalue weighted by atomic mass is 32.1. The van der Waals surface area contributed by atoms with Crippen LogP contribution in [0.15, 0.2) is 53.4 Å². The molecular weight excluding hydrogens is 408 g/mol. The maximum atomic E-state index is 10.8. The van der Waals surface area contributed by atoms with Crippen molar-refractivity contribution in [1.82, 2.24) is 5.48 Å². The third kappa shape index (κ3) is 7.56. The highest BCUT2D eigenvalue weighted by Gasteiger charge is 2.36. The fraction of sp³-hybridized carbons (Fsp3) is 0.480. The van der Waals surface area contributed by atoms with Gasteiger partial charge in [0.15, 0.2) is 0 Å². The molecule has 2 saturated carbocycles. The van der Waals surface area contributed by atoms with Crippen molar-refractivity contribution >= 4 is 24.3 Å². The van der Waals surface area contributed by atoms with Gasteiger partial charge < -0.3 is 10.8 Å². The van der Waals surface area contributed by atoms with Crippen molar-refractivity contribution in [2.45, 2.75) is 75.3 Å². The summed E-state index contributed by atoms with van der Waals surface area (Å²) in [6.07, 6.45) is 12.3. The van der Waals surface area contributed by atoms with Gasteiger partial charge in [0.05, 0.1) is 11.7 Å². The van der Waals surface area contributed by atoms with Crippen molar-refractivity contribution in [1.29, 1.82) is 0 Å². The Balaban J connectivity index is 0.000000287. The number of anilines is 1. The van der Waals surface area contributed by atoms with Gasteiger partial charge in [-0.25, -0.2) is 4.79 Å². The number of carbonyl (C=O) groups is 1. The van der Waals surface area contributed by atoms with Gasteiger partial charge in [-0.3, -0.25) is 4.84 Å². The molecule has 0 radical (unpaired) electrons.